The maximum absolute atomic E-state index is 9.07. The molecule has 0 heterocycles. The molecule has 0 unspecified atom stereocenters. The Labute approximate surface area is 71.8 Å². The van der Waals surface area contributed by atoms with Gasteiger partial charge in [-0.1, -0.05) is 12.1 Å². The summed E-state index contributed by atoms with van der Waals surface area (Å²) >= 11 is 0. The molecule has 0 bridgehead atoms. The van der Waals surface area contributed by atoms with E-state index in [1.807, 2.05) is 12.1 Å². The maximum atomic E-state index is 9.07. The summed E-state index contributed by atoms with van der Waals surface area (Å²) in [6, 6.07) is 7.25. The normalized spacial score (nSPS) is 19.1. The van der Waals surface area contributed by atoms with Crippen molar-refractivity contribution < 1.29 is 9.84 Å². The highest BCUT2D eigenvalue weighted by atomic mass is 16.5. The van der Waals surface area contributed by atoms with Crippen molar-refractivity contribution in [2.24, 2.45) is 0 Å². The lowest BCUT2D eigenvalue weighted by Crippen LogP contribution is -2.07. The summed E-state index contributed by atoms with van der Waals surface area (Å²) in [6.45, 7) is 0. The fourth-order valence-corrected chi connectivity index (χ4v) is 1.49. The molecule has 0 saturated heterocycles. The smallest absolute Gasteiger partial charge is 0.115 e. The van der Waals surface area contributed by atoms with Gasteiger partial charge < -0.3 is 9.84 Å². The van der Waals surface area contributed by atoms with E-state index in [1.165, 1.54) is 5.56 Å². The summed E-state index contributed by atoms with van der Waals surface area (Å²) in [5, 5.41) is 9.07. The van der Waals surface area contributed by atoms with Crippen LogP contribution in [0.1, 0.15) is 18.4 Å². The van der Waals surface area contributed by atoms with Crippen LogP contribution in [-0.2, 0) is 10.3 Å². The fourth-order valence-electron chi connectivity index (χ4n) is 1.49. The lowest BCUT2D eigenvalue weighted by Gasteiger charge is -2.12. The molecule has 0 aromatic heterocycles. The molecule has 1 fully saturated rings. The molecule has 0 atom stereocenters. The van der Waals surface area contributed by atoms with Crippen LogP contribution in [-0.4, -0.2) is 12.2 Å². The minimum atomic E-state index is -0.0340. The lowest BCUT2D eigenvalue weighted by molar-refractivity contribution is 0.0789. The molecule has 1 aliphatic rings. The van der Waals surface area contributed by atoms with Crippen molar-refractivity contribution in [1.82, 2.24) is 0 Å². The average Bonchev–Trinajstić information content (AvgIpc) is 2.86. The first-order valence-corrected chi connectivity index (χ1v) is 4.11. The van der Waals surface area contributed by atoms with Crippen molar-refractivity contribution in [2.45, 2.75) is 18.4 Å². The first kappa shape index (κ1) is 7.62. The Morgan fingerprint density at radius 2 is 1.83 bits per heavy atom. The van der Waals surface area contributed by atoms with E-state index >= 15 is 0 Å². The summed E-state index contributed by atoms with van der Waals surface area (Å²) in [7, 11) is 1.74. The van der Waals surface area contributed by atoms with Crippen LogP contribution >= 0.6 is 0 Å². The number of phenolic OH excluding ortho intramolecular Hbond substituents is 1. The molecule has 64 valence electrons. The quantitative estimate of drug-likeness (QED) is 0.724. The maximum Gasteiger partial charge on any atom is 0.115 e. The molecular formula is C10H12O2. The summed E-state index contributed by atoms with van der Waals surface area (Å²) in [5.74, 6) is 0.311. The summed E-state index contributed by atoms with van der Waals surface area (Å²) in [5.41, 5.74) is 1.14. The first-order valence-electron chi connectivity index (χ1n) is 4.11. The molecule has 0 radical (unpaired) electrons. The molecule has 2 nitrogen and oxygen atoms in total. The molecule has 0 amide bonds. The second-order valence-electron chi connectivity index (χ2n) is 3.25. The Bertz CT molecular complexity index is 272. The fraction of sp³-hybridized carbons (Fsp3) is 0.400. The first-order chi connectivity index (χ1) is 5.77. The Morgan fingerprint density at radius 3 is 2.25 bits per heavy atom. The van der Waals surface area contributed by atoms with Gasteiger partial charge in [-0.2, -0.15) is 0 Å². The van der Waals surface area contributed by atoms with Crippen LogP contribution in [0.4, 0.5) is 0 Å². The Balaban J connectivity index is 2.29. The number of ether oxygens (including phenoxy) is 1. The van der Waals surface area contributed by atoms with Crippen molar-refractivity contribution in [3.05, 3.63) is 29.8 Å². The predicted octanol–water partition coefficient (Wildman–Crippen LogP) is 2.03. The second-order valence-corrected chi connectivity index (χ2v) is 3.25. The average molecular weight is 164 g/mol. The molecule has 2 rings (SSSR count). The minimum Gasteiger partial charge on any atom is -0.508 e. The third kappa shape index (κ3) is 1.08. The van der Waals surface area contributed by atoms with E-state index < -0.39 is 0 Å². The van der Waals surface area contributed by atoms with Gasteiger partial charge in [0, 0.05) is 7.11 Å². The molecule has 1 aromatic carbocycles. The third-order valence-corrected chi connectivity index (χ3v) is 2.49. The second kappa shape index (κ2) is 2.49. The molecule has 0 spiro atoms. The third-order valence-electron chi connectivity index (χ3n) is 2.49. The van der Waals surface area contributed by atoms with Gasteiger partial charge in [-0.25, -0.2) is 0 Å². The van der Waals surface area contributed by atoms with Crippen LogP contribution in [0.25, 0.3) is 0 Å². The van der Waals surface area contributed by atoms with Crippen molar-refractivity contribution in [3.63, 3.8) is 0 Å². The van der Waals surface area contributed by atoms with Crippen molar-refractivity contribution in [1.29, 1.82) is 0 Å². The number of phenols is 1. The van der Waals surface area contributed by atoms with Crippen LogP contribution in [0.5, 0.6) is 5.75 Å². The monoisotopic (exact) mass is 164 g/mol. The molecule has 12 heavy (non-hydrogen) atoms. The van der Waals surface area contributed by atoms with Crippen molar-refractivity contribution in [3.8, 4) is 5.75 Å². The lowest BCUT2D eigenvalue weighted by atomic mass is 10.1. The Kier molecular flexibility index (Phi) is 1.58. The summed E-state index contributed by atoms with van der Waals surface area (Å²) in [4.78, 5) is 0. The molecule has 2 heteroatoms. The molecule has 1 aromatic rings. The molecule has 0 aliphatic heterocycles. The topological polar surface area (TPSA) is 29.5 Å². The zero-order chi connectivity index (χ0) is 8.60. The van der Waals surface area contributed by atoms with Crippen LogP contribution in [0.2, 0.25) is 0 Å². The number of hydrogen-bond donors (Lipinski definition) is 1. The summed E-state index contributed by atoms with van der Waals surface area (Å²) in [6.07, 6.45) is 2.18. The molecule has 1 saturated carbocycles. The Morgan fingerprint density at radius 1 is 1.25 bits per heavy atom. The van der Waals surface area contributed by atoms with Gasteiger partial charge in [0.2, 0.25) is 0 Å². The van der Waals surface area contributed by atoms with Crippen LogP contribution in [0, 0.1) is 0 Å². The standard InChI is InChI=1S/C10H12O2/c1-12-10(6-7-10)8-2-4-9(11)5-3-8/h2-5,11H,6-7H2,1H3. The van der Waals surface area contributed by atoms with Crippen molar-refractivity contribution in [2.75, 3.05) is 7.11 Å². The molecule has 1 N–H and O–H groups in total. The number of methoxy groups -OCH3 is 1. The number of hydrogen-bond acceptors (Lipinski definition) is 2. The highest BCUT2D eigenvalue weighted by Crippen LogP contribution is 2.48. The SMILES string of the molecule is COC1(c2ccc(O)cc2)CC1. The van der Waals surface area contributed by atoms with Gasteiger partial charge >= 0.3 is 0 Å². The number of benzene rings is 1. The van der Waals surface area contributed by atoms with Gasteiger partial charge in [-0.3, -0.25) is 0 Å². The van der Waals surface area contributed by atoms with E-state index in [9.17, 15) is 0 Å². The van der Waals surface area contributed by atoms with E-state index in [1.54, 1.807) is 19.2 Å². The van der Waals surface area contributed by atoms with E-state index in [-0.39, 0.29) is 5.60 Å². The van der Waals surface area contributed by atoms with Crippen LogP contribution in [0.3, 0.4) is 0 Å². The minimum absolute atomic E-state index is 0.0340. The van der Waals surface area contributed by atoms with Gasteiger partial charge in [-0.05, 0) is 30.5 Å². The number of rotatable bonds is 2. The zero-order valence-electron chi connectivity index (χ0n) is 7.08. The van der Waals surface area contributed by atoms with Gasteiger partial charge in [0.15, 0.2) is 0 Å². The molecular weight excluding hydrogens is 152 g/mol. The highest BCUT2D eigenvalue weighted by Gasteiger charge is 2.44. The van der Waals surface area contributed by atoms with Gasteiger partial charge in [0.25, 0.3) is 0 Å². The highest BCUT2D eigenvalue weighted by molar-refractivity contribution is 5.33. The van der Waals surface area contributed by atoms with Crippen LogP contribution < -0.4 is 0 Å². The van der Waals surface area contributed by atoms with Crippen LogP contribution in [0.15, 0.2) is 24.3 Å². The van der Waals surface area contributed by atoms with Gasteiger partial charge in [-0.15, -0.1) is 0 Å². The predicted molar refractivity (Wildman–Crippen MR) is 46.0 cm³/mol. The van der Waals surface area contributed by atoms with E-state index in [2.05, 4.69) is 0 Å². The Hall–Kier alpha value is -1.02. The zero-order valence-corrected chi connectivity index (χ0v) is 7.08. The van der Waals surface area contributed by atoms with Crippen molar-refractivity contribution >= 4 is 0 Å². The van der Waals surface area contributed by atoms with Gasteiger partial charge in [0.05, 0.1) is 5.60 Å². The molecule has 1 aliphatic carbocycles. The van der Waals surface area contributed by atoms with Gasteiger partial charge in [0.1, 0.15) is 5.75 Å². The largest absolute Gasteiger partial charge is 0.508 e. The van der Waals surface area contributed by atoms with E-state index in [4.69, 9.17) is 9.84 Å². The van der Waals surface area contributed by atoms with E-state index in [0.717, 1.165) is 12.8 Å². The van der Waals surface area contributed by atoms with E-state index in [0.29, 0.717) is 5.75 Å². The number of aromatic hydroxyl groups is 1. The summed E-state index contributed by atoms with van der Waals surface area (Å²) < 4.78 is 5.39.